The number of benzene rings is 2. The van der Waals surface area contributed by atoms with Crippen molar-refractivity contribution in [1.82, 2.24) is 4.98 Å². The van der Waals surface area contributed by atoms with E-state index in [1.54, 1.807) is 11.3 Å². The van der Waals surface area contributed by atoms with Gasteiger partial charge in [0.05, 0.1) is 10.2 Å². The predicted octanol–water partition coefficient (Wildman–Crippen LogP) is 5.27. The van der Waals surface area contributed by atoms with Crippen molar-refractivity contribution in [3.63, 3.8) is 0 Å². The second-order valence-electron chi connectivity index (χ2n) is 4.92. The molecule has 0 atom stereocenters. The molecule has 0 fully saturated rings. The van der Waals surface area contributed by atoms with Gasteiger partial charge in [-0.05, 0) is 48.6 Å². The molecule has 1 nitrogen and oxygen atoms in total. The summed E-state index contributed by atoms with van der Waals surface area (Å²) in [4.78, 5) is 4.79. The molecular formula is C18H18NS. The average molecular weight is 280 g/mol. The van der Waals surface area contributed by atoms with Crippen molar-refractivity contribution in [1.29, 1.82) is 0 Å². The molecule has 1 aromatic heterocycles. The topological polar surface area (TPSA) is 12.9 Å². The third-order valence-corrected chi connectivity index (χ3v) is 4.83. The Hall–Kier alpha value is -1.67. The van der Waals surface area contributed by atoms with Crippen LogP contribution in [0.2, 0.25) is 0 Å². The first-order valence-electron chi connectivity index (χ1n) is 7.07. The highest BCUT2D eigenvalue weighted by atomic mass is 32.1. The highest BCUT2D eigenvalue weighted by Crippen LogP contribution is 2.34. The Morgan fingerprint density at radius 3 is 2.45 bits per heavy atom. The molecule has 2 heteroatoms. The van der Waals surface area contributed by atoms with Crippen LogP contribution >= 0.6 is 11.3 Å². The molecule has 2 aromatic carbocycles. The van der Waals surface area contributed by atoms with Crippen LogP contribution < -0.4 is 0 Å². The van der Waals surface area contributed by atoms with E-state index >= 15 is 0 Å². The SMILES string of the molecule is [CH2]c1ccc(-c2nc3ccccc3s2)c(CC)c1CC. The highest BCUT2D eigenvalue weighted by molar-refractivity contribution is 7.21. The van der Waals surface area contributed by atoms with Gasteiger partial charge in [-0.15, -0.1) is 11.3 Å². The second kappa shape index (κ2) is 5.37. The van der Waals surface area contributed by atoms with Crippen molar-refractivity contribution in [3.05, 3.63) is 60.0 Å². The molecular weight excluding hydrogens is 262 g/mol. The fourth-order valence-electron chi connectivity index (χ4n) is 2.77. The lowest BCUT2D eigenvalue weighted by atomic mass is 9.93. The minimum Gasteiger partial charge on any atom is -0.236 e. The van der Waals surface area contributed by atoms with Crippen LogP contribution in [-0.2, 0) is 12.8 Å². The van der Waals surface area contributed by atoms with Gasteiger partial charge in [0.15, 0.2) is 0 Å². The molecule has 0 spiro atoms. The number of para-hydroxylation sites is 1. The van der Waals surface area contributed by atoms with Crippen molar-refractivity contribution >= 4 is 21.6 Å². The summed E-state index contributed by atoms with van der Waals surface area (Å²) in [6.07, 6.45) is 2.05. The van der Waals surface area contributed by atoms with Crippen LogP contribution in [0.5, 0.6) is 0 Å². The number of rotatable bonds is 3. The summed E-state index contributed by atoms with van der Waals surface area (Å²) >= 11 is 1.77. The maximum atomic E-state index is 4.79. The number of thiazole rings is 1. The molecule has 0 N–H and O–H groups in total. The smallest absolute Gasteiger partial charge is 0.124 e. The van der Waals surface area contributed by atoms with Crippen LogP contribution in [0.25, 0.3) is 20.8 Å². The zero-order valence-corrected chi connectivity index (χ0v) is 12.8. The maximum absolute atomic E-state index is 4.79. The van der Waals surface area contributed by atoms with E-state index in [4.69, 9.17) is 4.98 Å². The minimum atomic E-state index is 1.03. The Morgan fingerprint density at radius 2 is 1.75 bits per heavy atom. The van der Waals surface area contributed by atoms with Crippen LogP contribution in [0, 0.1) is 6.92 Å². The van der Waals surface area contributed by atoms with E-state index in [9.17, 15) is 0 Å². The van der Waals surface area contributed by atoms with Crippen molar-refractivity contribution in [2.75, 3.05) is 0 Å². The molecule has 0 aliphatic rings. The molecule has 0 bridgehead atoms. The van der Waals surface area contributed by atoms with Crippen molar-refractivity contribution < 1.29 is 0 Å². The Balaban J connectivity index is 2.23. The summed E-state index contributed by atoms with van der Waals surface area (Å²) in [5.41, 5.74) is 6.29. The van der Waals surface area contributed by atoms with Gasteiger partial charge in [0.1, 0.15) is 5.01 Å². The van der Waals surface area contributed by atoms with Crippen molar-refractivity contribution in [3.8, 4) is 10.6 Å². The average Bonchev–Trinajstić information content (AvgIpc) is 2.90. The molecule has 101 valence electrons. The van der Waals surface area contributed by atoms with E-state index in [0.717, 1.165) is 28.9 Å². The number of hydrogen-bond acceptors (Lipinski definition) is 2. The lowest BCUT2D eigenvalue weighted by Crippen LogP contribution is -1.98. The monoisotopic (exact) mass is 280 g/mol. The fourth-order valence-corrected chi connectivity index (χ4v) is 3.79. The molecule has 1 heterocycles. The Bertz CT molecular complexity index is 722. The number of hydrogen-bond donors (Lipinski definition) is 0. The first-order valence-corrected chi connectivity index (χ1v) is 7.88. The summed E-state index contributed by atoms with van der Waals surface area (Å²) in [6, 6.07) is 12.6. The standard InChI is InChI=1S/C18H18NS/c1-4-13-12(3)10-11-15(14(13)5-2)18-19-16-8-6-7-9-17(16)20-18/h6-11H,3-5H2,1-2H3. The fraction of sp³-hybridized carbons (Fsp3) is 0.222. The first-order chi connectivity index (χ1) is 9.74. The molecule has 0 aliphatic heterocycles. The summed E-state index contributed by atoms with van der Waals surface area (Å²) in [5, 5.41) is 1.12. The second-order valence-corrected chi connectivity index (χ2v) is 5.95. The van der Waals surface area contributed by atoms with Gasteiger partial charge in [-0.1, -0.05) is 38.1 Å². The largest absolute Gasteiger partial charge is 0.236 e. The summed E-state index contributed by atoms with van der Waals surface area (Å²) in [6.45, 7) is 8.57. The van der Waals surface area contributed by atoms with Gasteiger partial charge in [0.2, 0.25) is 0 Å². The van der Waals surface area contributed by atoms with E-state index in [2.05, 4.69) is 51.1 Å². The van der Waals surface area contributed by atoms with Gasteiger partial charge in [0.25, 0.3) is 0 Å². The Kier molecular flexibility index (Phi) is 3.58. The number of fused-ring (bicyclic) bond motifs is 1. The van der Waals surface area contributed by atoms with Crippen LogP contribution in [0.15, 0.2) is 36.4 Å². The van der Waals surface area contributed by atoms with Crippen LogP contribution in [0.1, 0.15) is 30.5 Å². The Labute approximate surface area is 124 Å². The third kappa shape index (κ3) is 2.14. The van der Waals surface area contributed by atoms with Crippen LogP contribution in [-0.4, -0.2) is 4.98 Å². The molecule has 0 aliphatic carbocycles. The zero-order chi connectivity index (χ0) is 14.1. The van der Waals surface area contributed by atoms with Gasteiger partial charge >= 0.3 is 0 Å². The normalized spacial score (nSPS) is 11.2. The van der Waals surface area contributed by atoms with Crippen molar-refractivity contribution in [2.24, 2.45) is 0 Å². The highest BCUT2D eigenvalue weighted by Gasteiger charge is 2.13. The van der Waals surface area contributed by atoms with E-state index in [-0.39, 0.29) is 0 Å². The molecule has 0 saturated carbocycles. The molecule has 0 saturated heterocycles. The first kappa shape index (κ1) is 13.3. The molecule has 0 amide bonds. The lowest BCUT2D eigenvalue weighted by molar-refractivity contribution is 1.03. The molecule has 3 rings (SSSR count). The minimum absolute atomic E-state index is 1.03. The number of nitrogens with zero attached hydrogens (tertiary/aromatic N) is 1. The van der Waals surface area contributed by atoms with Gasteiger partial charge in [-0.2, -0.15) is 0 Å². The zero-order valence-electron chi connectivity index (χ0n) is 11.9. The van der Waals surface area contributed by atoms with Crippen LogP contribution in [0.3, 0.4) is 0 Å². The van der Waals surface area contributed by atoms with Crippen molar-refractivity contribution in [2.45, 2.75) is 26.7 Å². The summed E-state index contributed by atoms with van der Waals surface area (Å²) in [7, 11) is 0. The Morgan fingerprint density at radius 1 is 1.00 bits per heavy atom. The van der Waals surface area contributed by atoms with Crippen LogP contribution in [0.4, 0.5) is 0 Å². The molecule has 0 unspecified atom stereocenters. The van der Waals surface area contributed by atoms with E-state index in [1.807, 2.05) is 6.07 Å². The molecule has 20 heavy (non-hydrogen) atoms. The quantitative estimate of drug-likeness (QED) is 0.637. The van der Waals surface area contributed by atoms with Gasteiger partial charge < -0.3 is 0 Å². The molecule has 3 aromatic rings. The summed E-state index contributed by atoms with van der Waals surface area (Å²) in [5.74, 6) is 0. The van der Waals surface area contributed by atoms with Gasteiger partial charge in [-0.25, -0.2) is 4.98 Å². The summed E-state index contributed by atoms with van der Waals surface area (Å²) < 4.78 is 1.25. The maximum Gasteiger partial charge on any atom is 0.124 e. The molecule has 1 radical (unpaired) electrons. The van der Waals surface area contributed by atoms with Gasteiger partial charge in [0, 0.05) is 5.56 Å². The van der Waals surface area contributed by atoms with E-state index in [0.29, 0.717) is 0 Å². The predicted molar refractivity (Wildman–Crippen MR) is 88.3 cm³/mol. The van der Waals surface area contributed by atoms with E-state index < -0.39 is 0 Å². The van der Waals surface area contributed by atoms with Gasteiger partial charge in [-0.3, -0.25) is 0 Å². The third-order valence-electron chi connectivity index (χ3n) is 3.76. The number of aromatic nitrogens is 1. The lowest BCUT2D eigenvalue weighted by Gasteiger charge is -2.13. The van der Waals surface area contributed by atoms with E-state index in [1.165, 1.54) is 21.4 Å².